The molecule has 1 fully saturated rings. The molecule has 1 aromatic rings. The van der Waals surface area contributed by atoms with E-state index in [4.69, 9.17) is 4.74 Å². The molecular formula is C16H18BrNO3. The van der Waals surface area contributed by atoms with Crippen LogP contribution in [0.5, 0.6) is 0 Å². The van der Waals surface area contributed by atoms with Crippen LogP contribution in [0, 0.1) is 5.92 Å². The van der Waals surface area contributed by atoms with E-state index in [0.717, 1.165) is 22.9 Å². The van der Waals surface area contributed by atoms with Gasteiger partial charge in [-0.2, -0.15) is 0 Å². The molecule has 0 unspecified atom stereocenters. The van der Waals surface area contributed by atoms with E-state index in [1.165, 1.54) is 6.08 Å². The van der Waals surface area contributed by atoms with E-state index in [2.05, 4.69) is 21.2 Å². The van der Waals surface area contributed by atoms with Crippen LogP contribution in [-0.2, 0) is 14.3 Å². The Hall–Kier alpha value is -1.62. The van der Waals surface area contributed by atoms with E-state index in [1.54, 1.807) is 6.08 Å². The van der Waals surface area contributed by atoms with Gasteiger partial charge in [0.25, 0.3) is 5.91 Å². The summed E-state index contributed by atoms with van der Waals surface area (Å²) in [5.41, 5.74) is 0.891. The van der Waals surface area contributed by atoms with Gasteiger partial charge in [0, 0.05) is 16.6 Å². The van der Waals surface area contributed by atoms with Crippen LogP contribution in [0.25, 0.3) is 6.08 Å². The fraction of sp³-hybridized carbons (Fsp3) is 0.375. The highest BCUT2D eigenvalue weighted by Gasteiger charge is 2.28. The highest BCUT2D eigenvalue weighted by Crippen LogP contribution is 2.32. The molecule has 112 valence electrons. The number of nitrogens with one attached hydrogen (secondary N) is 1. The van der Waals surface area contributed by atoms with Crippen LogP contribution in [0.3, 0.4) is 0 Å². The number of halogens is 1. The minimum absolute atomic E-state index is 0.162. The Balaban J connectivity index is 1.71. The number of benzene rings is 1. The van der Waals surface area contributed by atoms with Crippen molar-refractivity contribution in [1.29, 1.82) is 0 Å². The van der Waals surface area contributed by atoms with Gasteiger partial charge < -0.3 is 10.1 Å². The van der Waals surface area contributed by atoms with E-state index >= 15 is 0 Å². The minimum atomic E-state index is -0.521. The molecule has 0 radical (unpaired) electrons. The number of rotatable bonds is 6. The van der Waals surface area contributed by atoms with E-state index in [9.17, 15) is 9.59 Å². The SMILES string of the molecule is C[C@@H](NC(=O)COC(=O)/C=C/c1ccc(Br)cc1)C1CC1. The van der Waals surface area contributed by atoms with Gasteiger partial charge in [0.15, 0.2) is 6.61 Å². The number of esters is 1. The first-order chi connectivity index (χ1) is 10.0. The summed E-state index contributed by atoms with van der Waals surface area (Å²) in [7, 11) is 0. The molecule has 5 heteroatoms. The zero-order valence-corrected chi connectivity index (χ0v) is 13.4. The van der Waals surface area contributed by atoms with Gasteiger partial charge in [0.1, 0.15) is 0 Å². The molecule has 0 bridgehead atoms. The molecule has 1 aromatic carbocycles. The molecule has 1 atom stereocenters. The summed E-state index contributed by atoms with van der Waals surface area (Å²) < 4.78 is 5.88. The monoisotopic (exact) mass is 351 g/mol. The normalized spacial score (nSPS) is 15.7. The zero-order chi connectivity index (χ0) is 15.2. The quantitative estimate of drug-likeness (QED) is 0.633. The molecular weight excluding hydrogens is 334 g/mol. The average Bonchev–Trinajstić information content (AvgIpc) is 3.29. The summed E-state index contributed by atoms with van der Waals surface area (Å²) in [6, 6.07) is 7.68. The lowest BCUT2D eigenvalue weighted by Crippen LogP contribution is -2.36. The molecule has 2 rings (SSSR count). The Morgan fingerprint density at radius 3 is 2.67 bits per heavy atom. The standard InChI is InChI=1S/C16H18BrNO3/c1-11(13-5-6-13)18-15(19)10-21-16(20)9-4-12-2-7-14(17)8-3-12/h2-4,7-9,11,13H,5-6,10H2,1H3,(H,18,19)/b9-4+/t11-/m1/s1. The summed E-state index contributed by atoms with van der Waals surface area (Å²) in [5, 5.41) is 2.83. The summed E-state index contributed by atoms with van der Waals surface area (Å²) in [5.74, 6) is -0.186. The summed E-state index contributed by atoms with van der Waals surface area (Å²) in [6.45, 7) is 1.74. The molecule has 0 heterocycles. The molecule has 1 amide bonds. The van der Waals surface area contributed by atoms with Gasteiger partial charge in [-0.05, 0) is 49.5 Å². The van der Waals surface area contributed by atoms with E-state index in [0.29, 0.717) is 5.92 Å². The van der Waals surface area contributed by atoms with Gasteiger partial charge in [-0.15, -0.1) is 0 Å². The molecule has 0 aliphatic heterocycles. The third kappa shape index (κ3) is 5.71. The van der Waals surface area contributed by atoms with Crippen molar-refractivity contribution < 1.29 is 14.3 Å². The topological polar surface area (TPSA) is 55.4 Å². The van der Waals surface area contributed by atoms with E-state index in [-0.39, 0.29) is 18.6 Å². The second-order valence-electron chi connectivity index (χ2n) is 5.19. The van der Waals surface area contributed by atoms with E-state index in [1.807, 2.05) is 31.2 Å². The zero-order valence-electron chi connectivity index (χ0n) is 11.8. The Bertz CT molecular complexity index is 535. The van der Waals surface area contributed by atoms with Gasteiger partial charge in [-0.25, -0.2) is 4.79 Å². The second-order valence-corrected chi connectivity index (χ2v) is 6.10. The van der Waals surface area contributed by atoms with Crippen molar-refractivity contribution in [1.82, 2.24) is 5.32 Å². The Morgan fingerprint density at radius 1 is 1.38 bits per heavy atom. The van der Waals surface area contributed by atoms with Gasteiger partial charge in [-0.3, -0.25) is 4.79 Å². The van der Waals surface area contributed by atoms with Crippen LogP contribution in [0.15, 0.2) is 34.8 Å². The highest BCUT2D eigenvalue weighted by molar-refractivity contribution is 9.10. The van der Waals surface area contributed by atoms with Crippen molar-refractivity contribution in [2.45, 2.75) is 25.8 Å². The van der Waals surface area contributed by atoms with Crippen molar-refractivity contribution in [2.24, 2.45) is 5.92 Å². The Morgan fingerprint density at radius 2 is 2.05 bits per heavy atom. The number of amides is 1. The predicted octanol–water partition coefficient (Wildman–Crippen LogP) is 2.92. The van der Waals surface area contributed by atoms with Crippen molar-refractivity contribution in [2.75, 3.05) is 6.61 Å². The first kappa shape index (κ1) is 15.8. The highest BCUT2D eigenvalue weighted by atomic mass is 79.9. The fourth-order valence-corrected chi connectivity index (χ4v) is 2.20. The van der Waals surface area contributed by atoms with Crippen molar-refractivity contribution >= 4 is 33.9 Å². The lowest BCUT2D eigenvalue weighted by atomic mass is 10.2. The maximum Gasteiger partial charge on any atom is 0.331 e. The Kier molecular flexibility index (Phi) is 5.56. The first-order valence-corrected chi connectivity index (χ1v) is 7.73. The maximum absolute atomic E-state index is 11.6. The summed E-state index contributed by atoms with van der Waals surface area (Å²) in [6.07, 6.45) is 5.30. The summed E-state index contributed by atoms with van der Waals surface area (Å²) >= 11 is 3.34. The van der Waals surface area contributed by atoms with Crippen LogP contribution in [0.4, 0.5) is 0 Å². The predicted molar refractivity (Wildman–Crippen MR) is 84.5 cm³/mol. The molecule has 1 aliphatic carbocycles. The molecule has 1 saturated carbocycles. The van der Waals surface area contributed by atoms with Crippen molar-refractivity contribution in [3.8, 4) is 0 Å². The van der Waals surface area contributed by atoms with Crippen LogP contribution in [0.2, 0.25) is 0 Å². The Labute approximate surface area is 132 Å². The first-order valence-electron chi connectivity index (χ1n) is 6.94. The largest absolute Gasteiger partial charge is 0.452 e. The van der Waals surface area contributed by atoms with Gasteiger partial charge in [-0.1, -0.05) is 28.1 Å². The number of hydrogen-bond acceptors (Lipinski definition) is 3. The van der Waals surface area contributed by atoms with Crippen LogP contribution in [-0.4, -0.2) is 24.5 Å². The number of carbonyl (C=O) groups is 2. The molecule has 0 aromatic heterocycles. The molecule has 0 spiro atoms. The van der Waals surface area contributed by atoms with Crippen molar-refractivity contribution in [3.05, 3.63) is 40.4 Å². The third-order valence-electron chi connectivity index (χ3n) is 3.35. The molecule has 21 heavy (non-hydrogen) atoms. The molecule has 4 nitrogen and oxygen atoms in total. The van der Waals surface area contributed by atoms with Gasteiger partial charge in [0.05, 0.1) is 0 Å². The second kappa shape index (κ2) is 7.41. The summed E-state index contributed by atoms with van der Waals surface area (Å²) in [4.78, 5) is 23.1. The van der Waals surface area contributed by atoms with E-state index < -0.39 is 5.97 Å². The number of carbonyl (C=O) groups excluding carboxylic acids is 2. The van der Waals surface area contributed by atoms with Crippen molar-refractivity contribution in [3.63, 3.8) is 0 Å². The molecule has 1 aliphatic rings. The fourth-order valence-electron chi connectivity index (χ4n) is 1.93. The molecule has 1 N–H and O–H groups in total. The van der Waals surface area contributed by atoms with Crippen LogP contribution in [0.1, 0.15) is 25.3 Å². The third-order valence-corrected chi connectivity index (χ3v) is 3.87. The number of ether oxygens (including phenoxy) is 1. The maximum atomic E-state index is 11.6. The minimum Gasteiger partial charge on any atom is -0.452 e. The smallest absolute Gasteiger partial charge is 0.331 e. The lowest BCUT2D eigenvalue weighted by Gasteiger charge is -2.12. The lowest BCUT2D eigenvalue weighted by molar-refractivity contribution is -0.144. The van der Waals surface area contributed by atoms with Crippen LogP contribution >= 0.6 is 15.9 Å². The van der Waals surface area contributed by atoms with Crippen LogP contribution < -0.4 is 5.32 Å². The van der Waals surface area contributed by atoms with Gasteiger partial charge >= 0.3 is 5.97 Å². The van der Waals surface area contributed by atoms with Gasteiger partial charge in [0.2, 0.25) is 0 Å². The molecule has 0 saturated heterocycles. The average molecular weight is 352 g/mol. The number of hydrogen-bond donors (Lipinski definition) is 1.